The number of benzene rings is 2. The molecule has 292 valence electrons. The summed E-state index contributed by atoms with van der Waals surface area (Å²) >= 11 is 0. The maximum atomic E-state index is 6.29. The van der Waals surface area contributed by atoms with E-state index in [1.165, 1.54) is 162 Å². The van der Waals surface area contributed by atoms with Gasteiger partial charge in [-0.2, -0.15) is 0 Å². The van der Waals surface area contributed by atoms with Crippen LogP contribution in [0.4, 0.5) is 0 Å². The van der Waals surface area contributed by atoms with Gasteiger partial charge in [0.15, 0.2) is 0 Å². The van der Waals surface area contributed by atoms with Gasteiger partial charge in [0, 0.05) is 26.2 Å². The maximum Gasteiger partial charge on any atom is 0.119 e. The van der Waals surface area contributed by atoms with Gasteiger partial charge >= 0.3 is 0 Å². The third-order valence-electron chi connectivity index (χ3n) is 14.4. The fourth-order valence-corrected chi connectivity index (χ4v) is 10.9. The van der Waals surface area contributed by atoms with Crippen molar-refractivity contribution >= 4 is 5.57 Å². The zero-order valence-corrected chi connectivity index (χ0v) is 34.2. The van der Waals surface area contributed by atoms with Gasteiger partial charge in [-0.1, -0.05) is 29.8 Å². The largest absolute Gasteiger partial charge is 0.494 e. The van der Waals surface area contributed by atoms with Crippen LogP contribution >= 0.6 is 0 Å². The lowest BCUT2D eigenvalue weighted by molar-refractivity contribution is -0.913. The van der Waals surface area contributed by atoms with Crippen LogP contribution < -0.4 is 9.47 Å². The number of ether oxygens (including phenoxy) is 2. The molecule has 2 aliphatic heterocycles. The summed E-state index contributed by atoms with van der Waals surface area (Å²) in [6, 6.07) is 18.3. The van der Waals surface area contributed by atoms with Gasteiger partial charge in [0.2, 0.25) is 0 Å². The van der Waals surface area contributed by atoms with E-state index in [9.17, 15) is 0 Å². The summed E-state index contributed by atoms with van der Waals surface area (Å²) in [4.78, 5) is 4.94. The third kappa shape index (κ3) is 10.5. The van der Waals surface area contributed by atoms with Gasteiger partial charge in [0.25, 0.3) is 0 Å². The minimum atomic E-state index is 0.759. The van der Waals surface area contributed by atoms with Crippen molar-refractivity contribution in [3.63, 3.8) is 0 Å². The number of likely N-dealkylation sites (N-methyl/N-ethyl adjacent to an activating group) is 4. The van der Waals surface area contributed by atoms with Crippen LogP contribution in [-0.2, 0) is 0 Å². The van der Waals surface area contributed by atoms with Crippen LogP contribution in [-0.4, -0.2) is 126 Å². The summed E-state index contributed by atoms with van der Waals surface area (Å²) in [5.74, 6) is 5.46. The van der Waals surface area contributed by atoms with E-state index >= 15 is 0 Å². The van der Waals surface area contributed by atoms with Gasteiger partial charge in [-0.05, 0) is 162 Å². The Morgan fingerprint density at radius 3 is 1.30 bits per heavy atom. The van der Waals surface area contributed by atoms with E-state index in [4.69, 9.17) is 9.47 Å². The number of piperazine rings is 2. The molecule has 4 bridgehead atoms. The first-order valence-electron chi connectivity index (χ1n) is 22.0. The Morgan fingerprint density at radius 2 is 0.906 bits per heavy atom. The second-order valence-corrected chi connectivity index (χ2v) is 18.9. The highest BCUT2D eigenvalue weighted by Gasteiger charge is 2.46. The molecule has 6 nitrogen and oxygen atoms in total. The van der Waals surface area contributed by atoms with Gasteiger partial charge in [0.05, 0.1) is 66.6 Å². The minimum absolute atomic E-state index is 0.759. The lowest BCUT2D eigenvalue weighted by Crippen LogP contribution is -2.56. The van der Waals surface area contributed by atoms with E-state index in [1.807, 2.05) is 0 Å². The molecule has 8 rings (SSSR count). The molecule has 0 amide bonds. The van der Waals surface area contributed by atoms with E-state index in [2.05, 4.69) is 86.5 Å². The SMILES string of the molecule is CN1CC[N+](C)(CCCCCCOc2ccc(C(=C3C4CC5CC(C4)CC3C5)c3ccc(OCCCCCC[N+]4(C)CCN(C)CC4)cc3)cc2)CC1. The van der Waals surface area contributed by atoms with E-state index in [0.29, 0.717) is 0 Å². The summed E-state index contributed by atoms with van der Waals surface area (Å²) in [5, 5.41) is 0. The zero-order chi connectivity index (χ0) is 36.7. The average molecular weight is 727 g/mol. The molecule has 4 saturated carbocycles. The molecule has 0 aromatic heterocycles. The zero-order valence-electron chi connectivity index (χ0n) is 34.2. The smallest absolute Gasteiger partial charge is 0.119 e. The monoisotopic (exact) mass is 727 g/mol. The van der Waals surface area contributed by atoms with Crippen LogP contribution in [0.25, 0.3) is 5.57 Å². The fraction of sp³-hybridized carbons (Fsp3) is 0.702. The van der Waals surface area contributed by atoms with Crippen LogP contribution in [0.5, 0.6) is 11.5 Å². The van der Waals surface area contributed by atoms with Gasteiger partial charge in [-0.25, -0.2) is 0 Å². The molecule has 4 aliphatic carbocycles. The molecule has 2 aromatic rings. The highest BCUT2D eigenvalue weighted by atomic mass is 16.5. The van der Waals surface area contributed by atoms with Crippen molar-refractivity contribution in [3.05, 3.63) is 65.2 Å². The number of unbranched alkanes of at least 4 members (excludes halogenated alkanes) is 6. The maximum absolute atomic E-state index is 6.29. The number of allylic oxidation sites excluding steroid dienone is 1. The second-order valence-electron chi connectivity index (χ2n) is 18.9. The van der Waals surface area contributed by atoms with E-state index in [0.717, 1.165) is 61.2 Å². The molecule has 0 N–H and O–H groups in total. The topological polar surface area (TPSA) is 24.9 Å². The van der Waals surface area contributed by atoms with E-state index in [-0.39, 0.29) is 0 Å². The lowest BCUT2D eigenvalue weighted by atomic mass is 9.53. The highest BCUT2D eigenvalue weighted by molar-refractivity contribution is 5.83. The van der Waals surface area contributed by atoms with E-state index in [1.54, 1.807) is 5.57 Å². The van der Waals surface area contributed by atoms with Crippen LogP contribution in [0.3, 0.4) is 0 Å². The molecule has 6 heteroatoms. The van der Waals surface area contributed by atoms with E-state index < -0.39 is 0 Å². The summed E-state index contributed by atoms with van der Waals surface area (Å²) in [6.45, 7) is 14.4. The molecule has 2 aromatic carbocycles. The highest BCUT2D eigenvalue weighted by Crippen LogP contribution is 2.58. The fourth-order valence-electron chi connectivity index (χ4n) is 10.9. The Morgan fingerprint density at radius 1 is 0.528 bits per heavy atom. The normalized spacial score (nSPS) is 26.5. The van der Waals surface area contributed by atoms with Crippen molar-refractivity contribution in [1.82, 2.24) is 9.80 Å². The van der Waals surface area contributed by atoms with Gasteiger partial charge in [-0.3, -0.25) is 9.80 Å². The first-order valence-corrected chi connectivity index (χ1v) is 22.0. The molecule has 6 fully saturated rings. The Labute approximate surface area is 323 Å². The molecule has 0 unspecified atom stereocenters. The predicted octanol–water partition coefficient (Wildman–Crippen LogP) is 8.61. The molecule has 0 spiro atoms. The number of quaternary nitrogens is 2. The van der Waals surface area contributed by atoms with Gasteiger partial charge < -0.3 is 18.4 Å². The second kappa shape index (κ2) is 18.0. The Balaban J connectivity index is 0.898. The summed E-state index contributed by atoms with van der Waals surface area (Å²) < 4.78 is 15.1. The summed E-state index contributed by atoms with van der Waals surface area (Å²) in [5.41, 5.74) is 5.99. The molecular formula is C47H74N4O2+2. The molecule has 0 atom stereocenters. The standard InChI is InChI=1S/C47H74N4O2/c1-48-21-27-50(3,28-22-48)25-9-5-7-11-31-52-44-17-13-40(14-18-44)46(47-42-34-38-33-39(36-42)37-43(47)35-38)41-15-19-45(20-16-41)53-32-12-8-6-10-26-51(4)29-23-49(2)24-30-51/h13-20,38-39,42-43H,5-12,21-37H2,1-4H3/q+2. The predicted molar refractivity (Wildman–Crippen MR) is 220 cm³/mol. The van der Waals surface area contributed by atoms with Crippen molar-refractivity contribution in [2.24, 2.45) is 23.7 Å². The molecule has 0 radical (unpaired) electrons. The average Bonchev–Trinajstić information content (AvgIpc) is 3.15. The molecule has 2 heterocycles. The number of hydrogen-bond acceptors (Lipinski definition) is 4. The van der Waals surface area contributed by atoms with Crippen molar-refractivity contribution in [2.75, 3.05) is 107 Å². The number of nitrogens with zero attached hydrogens (tertiary/aromatic N) is 4. The quantitative estimate of drug-likeness (QED) is 0.114. The van der Waals surface area contributed by atoms with Crippen LogP contribution in [0.15, 0.2) is 54.1 Å². The Bertz CT molecular complexity index is 1330. The molecule has 53 heavy (non-hydrogen) atoms. The summed E-state index contributed by atoms with van der Waals surface area (Å²) in [6.07, 6.45) is 17.2. The molecular weight excluding hydrogens is 653 g/mol. The third-order valence-corrected chi connectivity index (χ3v) is 14.4. The summed E-state index contributed by atoms with van der Waals surface area (Å²) in [7, 11) is 9.41. The van der Waals surface area contributed by atoms with Crippen molar-refractivity contribution < 1.29 is 18.4 Å². The molecule has 6 aliphatic rings. The van der Waals surface area contributed by atoms with Crippen LogP contribution in [0, 0.1) is 23.7 Å². The minimum Gasteiger partial charge on any atom is -0.494 e. The van der Waals surface area contributed by atoms with Crippen molar-refractivity contribution in [3.8, 4) is 11.5 Å². The first kappa shape index (κ1) is 38.9. The molecule has 2 saturated heterocycles. The van der Waals surface area contributed by atoms with Gasteiger partial charge in [0.1, 0.15) is 11.5 Å². The van der Waals surface area contributed by atoms with Crippen LogP contribution in [0.1, 0.15) is 94.6 Å². The van der Waals surface area contributed by atoms with Gasteiger partial charge in [-0.15, -0.1) is 0 Å². The van der Waals surface area contributed by atoms with Crippen LogP contribution in [0.2, 0.25) is 0 Å². The first-order chi connectivity index (χ1) is 25.7. The number of rotatable bonds is 18. The Hall–Kier alpha value is -2.38. The Kier molecular flexibility index (Phi) is 13.2. The van der Waals surface area contributed by atoms with Crippen molar-refractivity contribution in [2.45, 2.75) is 83.5 Å². The van der Waals surface area contributed by atoms with Crippen molar-refractivity contribution in [1.29, 1.82) is 0 Å². The lowest BCUT2D eigenvalue weighted by Gasteiger charge is -2.52. The number of hydrogen-bond donors (Lipinski definition) is 0.